The molecule has 0 aliphatic heterocycles. The maximum Gasteiger partial charge on any atom is 0.251 e. The van der Waals surface area contributed by atoms with Crippen molar-refractivity contribution in [3.63, 3.8) is 0 Å². The molecule has 138 valence electrons. The van der Waals surface area contributed by atoms with Gasteiger partial charge in [-0.25, -0.2) is 0 Å². The van der Waals surface area contributed by atoms with Gasteiger partial charge in [-0.15, -0.1) is 0 Å². The Labute approximate surface area is 156 Å². The van der Waals surface area contributed by atoms with Crippen LogP contribution in [0.25, 0.3) is 0 Å². The Hall–Kier alpha value is -2.62. The fraction of sp³-hybridized carbons (Fsp3) is 0.364. The summed E-state index contributed by atoms with van der Waals surface area (Å²) in [5.41, 5.74) is 2.95. The second-order valence-corrected chi connectivity index (χ2v) is 7.63. The van der Waals surface area contributed by atoms with Crippen LogP contribution >= 0.6 is 0 Å². The van der Waals surface area contributed by atoms with Crippen LogP contribution in [0.1, 0.15) is 61.6 Å². The van der Waals surface area contributed by atoms with Crippen LogP contribution in [0.3, 0.4) is 0 Å². The standard InChI is InChI=1S/C22H28N2O2/c1-6-19(16-12-10-15(2)11-13-16)24-20(25)17-8-7-9-18(14-17)23-21(26)22(3,4)5/h7-14,19H,6H2,1-5H3,(H,23,26)(H,24,25). The summed E-state index contributed by atoms with van der Waals surface area (Å²) in [6, 6.07) is 15.2. The molecular formula is C22H28N2O2. The first-order chi connectivity index (χ1) is 12.2. The lowest BCUT2D eigenvalue weighted by atomic mass is 9.95. The summed E-state index contributed by atoms with van der Waals surface area (Å²) in [5, 5.41) is 5.94. The Kier molecular flexibility index (Phi) is 6.19. The third kappa shape index (κ3) is 5.19. The van der Waals surface area contributed by atoms with Gasteiger partial charge in [-0.3, -0.25) is 9.59 Å². The molecule has 1 atom stereocenters. The van der Waals surface area contributed by atoms with E-state index in [2.05, 4.69) is 10.6 Å². The van der Waals surface area contributed by atoms with Crippen molar-refractivity contribution in [2.45, 2.75) is 47.1 Å². The van der Waals surface area contributed by atoms with Gasteiger partial charge in [0.1, 0.15) is 0 Å². The molecule has 2 aromatic rings. The molecule has 4 heteroatoms. The van der Waals surface area contributed by atoms with E-state index in [4.69, 9.17) is 0 Å². The molecule has 0 heterocycles. The monoisotopic (exact) mass is 352 g/mol. The third-order valence-electron chi connectivity index (χ3n) is 4.26. The smallest absolute Gasteiger partial charge is 0.251 e. The Morgan fingerprint density at radius 1 is 1.04 bits per heavy atom. The minimum atomic E-state index is -0.489. The predicted molar refractivity (Wildman–Crippen MR) is 106 cm³/mol. The zero-order chi connectivity index (χ0) is 19.3. The largest absolute Gasteiger partial charge is 0.345 e. The van der Waals surface area contributed by atoms with Gasteiger partial charge >= 0.3 is 0 Å². The second-order valence-electron chi connectivity index (χ2n) is 7.63. The number of rotatable bonds is 5. The van der Waals surface area contributed by atoms with Crippen molar-refractivity contribution < 1.29 is 9.59 Å². The highest BCUT2D eigenvalue weighted by Crippen LogP contribution is 2.20. The molecule has 0 saturated heterocycles. The summed E-state index contributed by atoms with van der Waals surface area (Å²) >= 11 is 0. The van der Waals surface area contributed by atoms with Crippen LogP contribution in [0.2, 0.25) is 0 Å². The second kappa shape index (κ2) is 8.17. The summed E-state index contributed by atoms with van der Waals surface area (Å²) in [7, 11) is 0. The zero-order valence-corrected chi connectivity index (χ0v) is 16.2. The topological polar surface area (TPSA) is 58.2 Å². The first-order valence-corrected chi connectivity index (χ1v) is 8.99. The van der Waals surface area contributed by atoms with Crippen molar-refractivity contribution in [1.29, 1.82) is 0 Å². The number of carbonyl (C=O) groups is 2. The number of hydrogen-bond acceptors (Lipinski definition) is 2. The lowest BCUT2D eigenvalue weighted by Crippen LogP contribution is -2.29. The zero-order valence-electron chi connectivity index (χ0n) is 16.2. The van der Waals surface area contributed by atoms with Crippen LogP contribution in [-0.2, 0) is 4.79 Å². The molecule has 0 aliphatic carbocycles. The molecule has 0 radical (unpaired) electrons. The van der Waals surface area contributed by atoms with Gasteiger partial charge in [0, 0.05) is 16.7 Å². The van der Waals surface area contributed by atoms with Crippen LogP contribution in [0.4, 0.5) is 5.69 Å². The number of amides is 2. The maximum atomic E-state index is 12.7. The van der Waals surface area contributed by atoms with Gasteiger partial charge in [-0.05, 0) is 37.1 Å². The van der Waals surface area contributed by atoms with Gasteiger partial charge in [-0.1, -0.05) is 63.6 Å². The Morgan fingerprint density at radius 2 is 1.69 bits per heavy atom. The molecule has 26 heavy (non-hydrogen) atoms. The van der Waals surface area contributed by atoms with E-state index in [-0.39, 0.29) is 17.9 Å². The van der Waals surface area contributed by atoms with E-state index in [1.807, 2.05) is 58.9 Å². The lowest BCUT2D eigenvalue weighted by Gasteiger charge is -2.19. The van der Waals surface area contributed by atoms with Crippen molar-refractivity contribution in [1.82, 2.24) is 5.32 Å². The van der Waals surface area contributed by atoms with Crippen molar-refractivity contribution in [3.05, 3.63) is 65.2 Å². The molecule has 0 spiro atoms. The van der Waals surface area contributed by atoms with E-state index in [0.717, 1.165) is 12.0 Å². The number of carbonyl (C=O) groups excluding carboxylic acids is 2. The van der Waals surface area contributed by atoms with Crippen LogP contribution in [0.15, 0.2) is 48.5 Å². The summed E-state index contributed by atoms with van der Waals surface area (Å²) in [5.74, 6) is -0.231. The molecule has 2 rings (SSSR count). The quantitative estimate of drug-likeness (QED) is 0.807. The van der Waals surface area contributed by atoms with Crippen LogP contribution in [0.5, 0.6) is 0 Å². The van der Waals surface area contributed by atoms with Crippen LogP contribution in [0, 0.1) is 12.3 Å². The van der Waals surface area contributed by atoms with Gasteiger partial charge in [0.25, 0.3) is 5.91 Å². The van der Waals surface area contributed by atoms with Crippen molar-refractivity contribution in [2.24, 2.45) is 5.41 Å². The minimum absolute atomic E-state index is 0.0454. The van der Waals surface area contributed by atoms with Crippen LogP contribution < -0.4 is 10.6 Å². The van der Waals surface area contributed by atoms with Gasteiger partial charge < -0.3 is 10.6 Å². The molecule has 0 aliphatic rings. The molecule has 2 amide bonds. The normalized spacial score (nSPS) is 12.3. The van der Waals surface area contributed by atoms with Gasteiger partial charge in [0.15, 0.2) is 0 Å². The SMILES string of the molecule is CCC(NC(=O)c1cccc(NC(=O)C(C)(C)C)c1)c1ccc(C)cc1. The third-order valence-corrected chi connectivity index (χ3v) is 4.26. The highest BCUT2D eigenvalue weighted by Gasteiger charge is 2.21. The van der Waals surface area contributed by atoms with E-state index in [1.165, 1.54) is 5.56 Å². The molecule has 1 unspecified atom stereocenters. The first-order valence-electron chi connectivity index (χ1n) is 8.99. The minimum Gasteiger partial charge on any atom is -0.345 e. The summed E-state index contributed by atoms with van der Waals surface area (Å²) in [6.07, 6.45) is 0.801. The lowest BCUT2D eigenvalue weighted by molar-refractivity contribution is -0.123. The number of anilines is 1. The number of aryl methyl sites for hydroxylation is 1. The highest BCUT2D eigenvalue weighted by molar-refractivity contribution is 5.98. The average molecular weight is 352 g/mol. The molecule has 2 aromatic carbocycles. The van der Waals surface area contributed by atoms with E-state index in [1.54, 1.807) is 24.3 Å². The summed E-state index contributed by atoms with van der Waals surface area (Å²) in [4.78, 5) is 24.8. The number of benzene rings is 2. The van der Waals surface area contributed by atoms with Crippen LogP contribution in [-0.4, -0.2) is 11.8 Å². The Morgan fingerprint density at radius 3 is 2.27 bits per heavy atom. The fourth-order valence-corrected chi connectivity index (χ4v) is 2.52. The predicted octanol–water partition coefficient (Wildman–Crippen LogP) is 4.86. The van der Waals surface area contributed by atoms with Gasteiger partial charge in [0.2, 0.25) is 5.91 Å². The summed E-state index contributed by atoms with van der Waals surface area (Å²) < 4.78 is 0. The van der Waals surface area contributed by atoms with Crippen molar-refractivity contribution in [3.8, 4) is 0 Å². The summed E-state index contributed by atoms with van der Waals surface area (Å²) in [6.45, 7) is 9.65. The molecule has 2 N–H and O–H groups in total. The molecule has 4 nitrogen and oxygen atoms in total. The van der Waals surface area contributed by atoms with E-state index >= 15 is 0 Å². The molecule has 0 fully saturated rings. The van der Waals surface area contributed by atoms with Crippen molar-refractivity contribution in [2.75, 3.05) is 5.32 Å². The number of nitrogens with one attached hydrogen (secondary N) is 2. The number of hydrogen-bond donors (Lipinski definition) is 2. The maximum absolute atomic E-state index is 12.7. The molecule has 0 saturated carbocycles. The molecule has 0 aromatic heterocycles. The molecular weight excluding hydrogens is 324 g/mol. The highest BCUT2D eigenvalue weighted by atomic mass is 16.2. The molecule has 0 bridgehead atoms. The average Bonchev–Trinajstić information content (AvgIpc) is 2.59. The Bertz CT molecular complexity index is 773. The van der Waals surface area contributed by atoms with Crippen molar-refractivity contribution >= 4 is 17.5 Å². The van der Waals surface area contributed by atoms with Gasteiger partial charge in [-0.2, -0.15) is 0 Å². The van der Waals surface area contributed by atoms with E-state index < -0.39 is 5.41 Å². The fourth-order valence-electron chi connectivity index (χ4n) is 2.52. The van der Waals surface area contributed by atoms with E-state index in [0.29, 0.717) is 11.3 Å². The Balaban J connectivity index is 2.12. The van der Waals surface area contributed by atoms with Gasteiger partial charge in [0.05, 0.1) is 6.04 Å². The first kappa shape index (κ1) is 19.7. The van der Waals surface area contributed by atoms with E-state index in [9.17, 15) is 9.59 Å².